The van der Waals surface area contributed by atoms with Crippen LogP contribution in [-0.2, 0) is 9.53 Å². The maximum atomic E-state index is 12.2. The fourth-order valence-corrected chi connectivity index (χ4v) is 2.84. The monoisotopic (exact) mass is 430 g/mol. The number of nitrogens with zero attached hydrogens (tertiary/aromatic N) is 1. The standard InChI is InChI=1S/C21H19ClN2O6/c1-3-28-17-9-13(8-15(22)20(17)29-12-19(25)27-2)11-23-24-21(26)18-10-14-6-4-5-7-16(14)30-18/h4-11H,3,12H2,1-2H3,(H,24,26)/b23-11+. The van der Waals surface area contributed by atoms with Crippen molar-refractivity contribution in [3.05, 3.63) is 58.8 Å². The van der Waals surface area contributed by atoms with E-state index < -0.39 is 11.9 Å². The quantitative estimate of drug-likeness (QED) is 0.331. The number of hydrazone groups is 1. The average Bonchev–Trinajstić information content (AvgIpc) is 3.17. The number of methoxy groups -OCH3 is 1. The third kappa shape index (κ3) is 5.09. The molecule has 0 saturated heterocycles. The Hall–Kier alpha value is -3.52. The summed E-state index contributed by atoms with van der Waals surface area (Å²) in [5, 5.41) is 4.97. The maximum absolute atomic E-state index is 12.2. The first-order chi connectivity index (χ1) is 14.5. The normalized spacial score (nSPS) is 10.9. The number of ether oxygens (including phenoxy) is 3. The lowest BCUT2D eigenvalue weighted by molar-refractivity contribution is -0.142. The lowest BCUT2D eigenvalue weighted by Gasteiger charge is -2.13. The number of halogens is 1. The van der Waals surface area contributed by atoms with Crippen molar-refractivity contribution in [2.75, 3.05) is 20.3 Å². The zero-order valence-corrected chi connectivity index (χ0v) is 17.1. The van der Waals surface area contributed by atoms with Crippen molar-refractivity contribution in [1.82, 2.24) is 5.43 Å². The van der Waals surface area contributed by atoms with Gasteiger partial charge in [0.05, 0.1) is 25.0 Å². The Morgan fingerprint density at radius 1 is 1.20 bits per heavy atom. The number of rotatable bonds is 8. The van der Waals surface area contributed by atoms with Crippen LogP contribution in [0.25, 0.3) is 11.0 Å². The molecule has 1 heterocycles. The van der Waals surface area contributed by atoms with Crippen molar-refractivity contribution >= 4 is 40.7 Å². The molecule has 0 spiro atoms. The lowest BCUT2D eigenvalue weighted by atomic mass is 10.2. The molecule has 1 N–H and O–H groups in total. The second-order valence-corrected chi connectivity index (χ2v) is 6.38. The Bertz CT molecular complexity index is 1060. The number of furan rings is 1. The number of hydrogen-bond donors (Lipinski definition) is 1. The molecular formula is C21H19ClN2O6. The van der Waals surface area contributed by atoms with E-state index in [1.54, 1.807) is 31.2 Å². The molecule has 0 bridgehead atoms. The van der Waals surface area contributed by atoms with Gasteiger partial charge in [0.15, 0.2) is 23.9 Å². The summed E-state index contributed by atoms with van der Waals surface area (Å²) < 4.78 is 21.0. The highest BCUT2D eigenvalue weighted by Gasteiger charge is 2.15. The number of benzene rings is 2. The molecule has 0 saturated carbocycles. The van der Waals surface area contributed by atoms with Gasteiger partial charge in [0.25, 0.3) is 0 Å². The summed E-state index contributed by atoms with van der Waals surface area (Å²) in [5.41, 5.74) is 3.57. The van der Waals surface area contributed by atoms with Gasteiger partial charge in [-0.05, 0) is 36.8 Å². The Morgan fingerprint density at radius 2 is 2.00 bits per heavy atom. The fraction of sp³-hybridized carbons (Fsp3) is 0.190. The molecule has 3 rings (SSSR count). The Balaban J connectivity index is 1.72. The van der Waals surface area contributed by atoms with Crippen LogP contribution >= 0.6 is 11.6 Å². The molecule has 9 heteroatoms. The fourth-order valence-electron chi connectivity index (χ4n) is 2.57. The number of carbonyl (C=O) groups is 2. The van der Waals surface area contributed by atoms with Crippen LogP contribution in [0.3, 0.4) is 0 Å². The Morgan fingerprint density at radius 3 is 2.73 bits per heavy atom. The van der Waals surface area contributed by atoms with E-state index in [9.17, 15) is 9.59 Å². The molecule has 0 fully saturated rings. The summed E-state index contributed by atoms with van der Waals surface area (Å²) in [6.07, 6.45) is 1.40. The minimum absolute atomic E-state index is 0.146. The summed E-state index contributed by atoms with van der Waals surface area (Å²) in [6.45, 7) is 1.85. The molecule has 1 amide bonds. The van der Waals surface area contributed by atoms with Gasteiger partial charge in [-0.2, -0.15) is 5.10 Å². The smallest absolute Gasteiger partial charge is 0.343 e. The number of carbonyl (C=O) groups excluding carboxylic acids is 2. The van der Waals surface area contributed by atoms with Crippen LogP contribution in [-0.4, -0.2) is 38.4 Å². The van der Waals surface area contributed by atoms with E-state index in [0.717, 1.165) is 5.39 Å². The van der Waals surface area contributed by atoms with Gasteiger partial charge in [0, 0.05) is 5.39 Å². The number of esters is 1. The molecule has 0 unspecified atom stereocenters. The largest absolute Gasteiger partial charge is 0.490 e. The van der Waals surface area contributed by atoms with Crippen molar-refractivity contribution in [3.63, 3.8) is 0 Å². The molecule has 2 aromatic carbocycles. The predicted molar refractivity (Wildman–Crippen MR) is 111 cm³/mol. The van der Waals surface area contributed by atoms with E-state index in [2.05, 4.69) is 15.3 Å². The third-order valence-electron chi connectivity index (χ3n) is 3.92. The van der Waals surface area contributed by atoms with Crippen LogP contribution in [0.4, 0.5) is 0 Å². The molecule has 0 aliphatic heterocycles. The Labute approximate surface area is 177 Å². The molecule has 156 valence electrons. The lowest BCUT2D eigenvalue weighted by Crippen LogP contribution is -2.16. The molecule has 0 aliphatic carbocycles. The predicted octanol–water partition coefficient (Wildman–Crippen LogP) is 3.80. The third-order valence-corrected chi connectivity index (χ3v) is 4.20. The van der Waals surface area contributed by atoms with Crippen molar-refractivity contribution in [2.24, 2.45) is 5.10 Å². The molecule has 0 radical (unpaired) electrons. The summed E-state index contributed by atoms with van der Waals surface area (Å²) in [7, 11) is 1.26. The van der Waals surface area contributed by atoms with E-state index >= 15 is 0 Å². The van der Waals surface area contributed by atoms with Gasteiger partial charge < -0.3 is 18.6 Å². The van der Waals surface area contributed by atoms with Crippen molar-refractivity contribution in [1.29, 1.82) is 0 Å². The molecular weight excluding hydrogens is 412 g/mol. The zero-order chi connectivity index (χ0) is 21.5. The Kier molecular flexibility index (Phi) is 6.92. The first-order valence-electron chi connectivity index (χ1n) is 8.99. The number of hydrogen-bond acceptors (Lipinski definition) is 7. The van der Waals surface area contributed by atoms with Gasteiger partial charge in [-0.1, -0.05) is 29.8 Å². The summed E-state index contributed by atoms with van der Waals surface area (Å²) in [6, 6.07) is 12.1. The van der Waals surface area contributed by atoms with E-state index in [0.29, 0.717) is 23.5 Å². The summed E-state index contributed by atoms with van der Waals surface area (Å²) >= 11 is 6.26. The second-order valence-electron chi connectivity index (χ2n) is 5.98. The van der Waals surface area contributed by atoms with Crippen LogP contribution in [0.1, 0.15) is 23.0 Å². The number of fused-ring (bicyclic) bond motifs is 1. The van der Waals surface area contributed by atoms with E-state index in [1.165, 1.54) is 13.3 Å². The minimum Gasteiger partial charge on any atom is -0.490 e. The van der Waals surface area contributed by atoms with Gasteiger partial charge in [-0.3, -0.25) is 4.79 Å². The zero-order valence-electron chi connectivity index (χ0n) is 16.3. The van der Waals surface area contributed by atoms with Crippen molar-refractivity contribution in [3.8, 4) is 11.5 Å². The van der Waals surface area contributed by atoms with Gasteiger partial charge in [0.1, 0.15) is 5.58 Å². The molecule has 0 atom stereocenters. The number of nitrogens with one attached hydrogen (secondary N) is 1. The van der Waals surface area contributed by atoms with Crippen LogP contribution < -0.4 is 14.9 Å². The van der Waals surface area contributed by atoms with Crippen LogP contribution in [0.2, 0.25) is 5.02 Å². The van der Waals surface area contributed by atoms with E-state index in [4.69, 9.17) is 25.5 Å². The molecule has 0 aliphatic rings. The molecule has 30 heavy (non-hydrogen) atoms. The van der Waals surface area contributed by atoms with E-state index in [-0.39, 0.29) is 23.1 Å². The summed E-state index contributed by atoms with van der Waals surface area (Å²) in [4.78, 5) is 23.6. The number of para-hydroxylation sites is 1. The second kappa shape index (κ2) is 9.80. The van der Waals surface area contributed by atoms with E-state index in [1.807, 2.05) is 18.2 Å². The van der Waals surface area contributed by atoms with Crippen LogP contribution in [0.15, 0.2) is 52.0 Å². The maximum Gasteiger partial charge on any atom is 0.343 e. The first kappa shape index (κ1) is 21.2. The SMILES string of the molecule is CCOc1cc(/C=N/NC(=O)c2cc3ccccc3o2)cc(Cl)c1OCC(=O)OC. The molecule has 1 aromatic heterocycles. The van der Waals surface area contributed by atoms with Crippen molar-refractivity contribution in [2.45, 2.75) is 6.92 Å². The summed E-state index contributed by atoms with van der Waals surface area (Å²) in [5.74, 6) is -0.344. The topological polar surface area (TPSA) is 99.4 Å². The van der Waals surface area contributed by atoms with Gasteiger partial charge in [-0.25, -0.2) is 10.2 Å². The van der Waals surface area contributed by atoms with Gasteiger partial charge in [0.2, 0.25) is 0 Å². The molecule has 3 aromatic rings. The molecule has 8 nitrogen and oxygen atoms in total. The van der Waals surface area contributed by atoms with Gasteiger partial charge >= 0.3 is 11.9 Å². The van der Waals surface area contributed by atoms with Gasteiger partial charge in [-0.15, -0.1) is 0 Å². The number of amides is 1. The first-order valence-corrected chi connectivity index (χ1v) is 9.37. The highest BCUT2D eigenvalue weighted by atomic mass is 35.5. The highest BCUT2D eigenvalue weighted by molar-refractivity contribution is 6.32. The van der Waals surface area contributed by atoms with Crippen LogP contribution in [0.5, 0.6) is 11.5 Å². The minimum atomic E-state index is -0.549. The highest BCUT2D eigenvalue weighted by Crippen LogP contribution is 2.36. The van der Waals surface area contributed by atoms with Crippen molar-refractivity contribution < 1.29 is 28.2 Å². The average molecular weight is 431 g/mol. The van der Waals surface area contributed by atoms with Crippen LogP contribution in [0, 0.1) is 0 Å².